The van der Waals surface area contributed by atoms with Crippen LogP contribution in [0.5, 0.6) is 0 Å². The summed E-state index contributed by atoms with van der Waals surface area (Å²) in [5.74, 6) is 0.242. The van der Waals surface area contributed by atoms with E-state index in [0.29, 0.717) is 16.6 Å². The SMILES string of the molecule is Cc1ccc(C#N)cc1Nc1nc2ccc(Br)cc2c2c1=CC(=O)[N]C=2. The minimum absolute atomic E-state index is 0.320. The molecule has 1 amide bonds. The van der Waals surface area contributed by atoms with Crippen LogP contribution in [0.1, 0.15) is 11.1 Å². The molecule has 26 heavy (non-hydrogen) atoms. The summed E-state index contributed by atoms with van der Waals surface area (Å²) in [5.41, 5.74) is 3.10. The second-order valence-corrected chi connectivity index (χ2v) is 6.87. The number of aromatic nitrogens is 1. The lowest BCUT2D eigenvalue weighted by molar-refractivity contribution is -0.114. The number of halogens is 1. The molecule has 1 aromatic heterocycles. The van der Waals surface area contributed by atoms with Gasteiger partial charge in [-0.05, 0) is 42.8 Å². The molecule has 1 radical (unpaired) electrons. The normalized spacial score (nSPS) is 12.4. The Labute approximate surface area is 157 Å². The summed E-state index contributed by atoms with van der Waals surface area (Å²) in [7, 11) is 0. The van der Waals surface area contributed by atoms with Crippen LogP contribution in [0.15, 0.2) is 40.9 Å². The van der Waals surface area contributed by atoms with Crippen LogP contribution < -0.4 is 21.1 Å². The highest BCUT2D eigenvalue weighted by Gasteiger charge is 2.13. The van der Waals surface area contributed by atoms with Crippen LogP contribution in [0, 0.1) is 18.3 Å². The van der Waals surface area contributed by atoms with Crippen molar-refractivity contribution in [2.24, 2.45) is 0 Å². The van der Waals surface area contributed by atoms with Crippen molar-refractivity contribution < 1.29 is 4.79 Å². The van der Waals surface area contributed by atoms with Crippen molar-refractivity contribution in [1.82, 2.24) is 10.3 Å². The number of pyridine rings is 1. The first-order valence-electron chi connectivity index (χ1n) is 7.89. The Morgan fingerprint density at radius 1 is 1.15 bits per heavy atom. The van der Waals surface area contributed by atoms with Crippen molar-refractivity contribution in [1.29, 1.82) is 5.26 Å². The number of aryl methyl sites for hydroxylation is 1. The predicted molar refractivity (Wildman–Crippen MR) is 104 cm³/mol. The fourth-order valence-electron chi connectivity index (χ4n) is 2.90. The molecule has 0 atom stereocenters. The van der Waals surface area contributed by atoms with E-state index in [1.165, 1.54) is 6.08 Å². The number of hydrogen-bond acceptors (Lipinski definition) is 4. The average Bonchev–Trinajstić information content (AvgIpc) is 2.64. The van der Waals surface area contributed by atoms with E-state index in [9.17, 15) is 4.79 Å². The second-order valence-electron chi connectivity index (χ2n) is 5.96. The summed E-state index contributed by atoms with van der Waals surface area (Å²) in [6.07, 6.45) is 3.06. The van der Waals surface area contributed by atoms with Crippen molar-refractivity contribution in [3.63, 3.8) is 0 Å². The summed E-state index contributed by atoms with van der Waals surface area (Å²) in [6, 6.07) is 13.3. The van der Waals surface area contributed by atoms with E-state index in [2.05, 4.69) is 32.6 Å². The van der Waals surface area contributed by atoms with Crippen molar-refractivity contribution in [2.75, 3.05) is 5.32 Å². The zero-order valence-corrected chi connectivity index (χ0v) is 15.3. The number of anilines is 2. The van der Waals surface area contributed by atoms with Gasteiger partial charge in [0.1, 0.15) is 5.82 Å². The van der Waals surface area contributed by atoms with E-state index in [-0.39, 0.29) is 5.91 Å². The first-order chi connectivity index (χ1) is 12.5. The summed E-state index contributed by atoms with van der Waals surface area (Å²) in [5, 5.41) is 18.8. The van der Waals surface area contributed by atoms with Gasteiger partial charge in [0.25, 0.3) is 5.91 Å². The number of hydrogen-bond donors (Lipinski definition) is 1. The Balaban J connectivity index is 1.99. The van der Waals surface area contributed by atoms with Gasteiger partial charge >= 0.3 is 0 Å². The fraction of sp³-hybridized carbons (Fsp3) is 0.0500. The molecule has 0 spiro atoms. The van der Waals surface area contributed by atoms with Crippen molar-refractivity contribution in [2.45, 2.75) is 6.92 Å². The summed E-state index contributed by atoms with van der Waals surface area (Å²) in [6.45, 7) is 1.95. The van der Waals surface area contributed by atoms with Gasteiger partial charge in [0.05, 0.1) is 17.1 Å². The molecule has 2 heterocycles. The summed E-state index contributed by atoms with van der Waals surface area (Å²) >= 11 is 3.47. The van der Waals surface area contributed by atoms with E-state index >= 15 is 0 Å². The first kappa shape index (κ1) is 16.3. The van der Waals surface area contributed by atoms with E-state index in [1.807, 2.05) is 31.2 Å². The van der Waals surface area contributed by atoms with E-state index < -0.39 is 0 Å². The second kappa shape index (κ2) is 6.28. The quantitative estimate of drug-likeness (QED) is 0.712. The van der Waals surface area contributed by atoms with Gasteiger partial charge in [-0.25, -0.2) is 10.3 Å². The average molecular weight is 404 g/mol. The Morgan fingerprint density at radius 2 is 2.00 bits per heavy atom. The van der Waals surface area contributed by atoms with E-state index in [0.717, 1.165) is 31.8 Å². The molecule has 1 aliphatic rings. The molecule has 1 aliphatic heterocycles. The number of nitrogens with one attached hydrogen (secondary N) is 1. The predicted octanol–water partition coefficient (Wildman–Crippen LogP) is 2.58. The van der Waals surface area contributed by atoms with Crippen molar-refractivity contribution in [3.8, 4) is 6.07 Å². The van der Waals surface area contributed by atoms with E-state index in [4.69, 9.17) is 10.2 Å². The Morgan fingerprint density at radius 3 is 2.81 bits per heavy atom. The van der Waals surface area contributed by atoms with Gasteiger partial charge in [-0.1, -0.05) is 22.0 Å². The minimum atomic E-state index is -0.320. The molecule has 0 bridgehead atoms. The number of nitrogens with zero attached hydrogens (tertiary/aromatic N) is 3. The lowest BCUT2D eigenvalue weighted by Gasteiger charge is -2.13. The molecule has 0 aliphatic carbocycles. The molecule has 4 rings (SSSR count). The van der Waals surface area contributed by atoms with Crippen LogP contribution in [0.2, 0.25) is 0 Å². The van der Waals surface area contributed by atoms with Crippen LogP contribution in [0.4, 0.5) is 11.5 Å². The maximum atomic E-state index is 11.8. The van der Waals surface area contributed by atoms with Gasteiger partial charge in [-0.15, -0.1) is 0 Å². The molecule has 125 valence electrons. The highest BCUT2D eigenvalue weighted by molar-refractivity contribution is 9.10. The minimum Gasteiger partial charge on any atom is -0.339 e. The Kier molecular flexibility index (Phi) is 3.94. The van der Waals surface area contributed by atoms with Gasteiger partial charge in [0.2, 0.25) is 0 Å². The van der Waals surface area contributed by atoms with Gasteiger partial charge in [0, 0.05) is 38.3 Å². The Bertz CT molecular complexity index is 1240. The third-order valence-electron chi connectivity index (χ3n) is 4.23. The molecule has 3 aromatic rings. The van der Waals surface area contributed by atoms with Crippen LogP contribution in [-0.4, -0.2) is 10.9 Å². The van der Waals surface area contributed by atoms with Crippen LogP contribution in [0.25, 0.3) is 23.2 Å². The largest absolute Gasteiger partial charge is 0.339 e. The highest BCUT2D eigenvalue weighted by atomic mass is 79.9. The number of amides is 1. The monoisotopic (exact) mass is 403 g/mol. The number of nitriles is 1. The lowest BCUT2D eigenvalue weighted by Crippen LogP contribution is -2.36. The smallest absolute Gasteiger partial charge is 0.270 e. The van der Waals surface area contributed by atoms with Gasteiger partial charge < -0.3 is 5.32 Å². The van der Waals surface area contributed by atoms with Crippen molar-refractivity contribution in [3.05, 3.63) is 62.4 Å². The number of rotatable bonds is 2. The third-order valence-corrected chi connectivity index (χ3v) is 4.73. The molecule has 6 heteroatoms. The third kappa shape index (κ3) is 2.83. The summed E-state index contributed by atoms with van der Waals surface area (Å²) < 4.78 is 0.928. The van der Waals surface area contributed by atoms with Gasteiger partial charge in [-0.3, -0.25) is 4.79 Å². The molecular formula is C20H12BrN4O. The number of carbonyl (C=O) groups is 1. The Hall–Kier alpha value is -3.17. The molecule has 0 saturated carbocycles. The molecule has 5 nitrogen and oxygen atoms in total. The number of carbonyl (C=O) groups excluding carboxylic acids is 1. The highest BCUT2D eigenvalue weighted by Crippen LogP contribution is 2.21. The van der Waals surface area contributed by atoms with Crippen LogP contribution >= 0.6 is 15.9 Å². The molecule has 0 fully saturated rings. The molecule has 0 unspecified atom stereocenters. The van der Waals surface area contributed by atoms with Gasteiger partial charge in [0.15, 0.2) is 0 Å². The zero-order chi connectivity index (χ0) is 18.3. The standard InChI is InChI=1S/C20H12BrN4O/c1-11-2-3-12(9-22)6-18(11)25-20-15-8-19(26)23-10-16(15)14-7-13(21)4-5-17(14)24-20/h2-8,10H,1H3,(H,24,25). The van der Waals surface area contributed by atoms with Gasteiger partial charge in [-0.2, -0.15) is 5.26 Å². The molecule has 0 saturated heterocycles. The topological polar surface area (TPSA) is 79.9 Å². The van der Waals surface area contributed by atoms with Crippen LogP contribution in [-0.2, 0) is 4.79 Å². The molecular weight excluding hydrogens is 392 g/mol. The van der Waals surface area contributed by atoms with Crippen LogP contribution in [0.3, 0.4) is 0 Å². The maximum absolute atomic E-state index is 11.8. The molecule has 1 N–H and O–H groups in total. The zero-order valence-electron chi connectivity index (χ0n) is 13.7. The number of benzene rings is 2. The van der Waals surface area contributed by atoms with Crippen molar-refractivity contribution >= 4 is 56.5 Å². The maximum Gasteiger partial charge on any atom is 0.270 e. The fourth-order valence-corrected chi connectivity index (χ4v) is 3.26. The molecule has 2 aromatic carbocycles. The first-order valence-corrected chi connectivity index (χ1v) is 8.68. The number of fused-ring (bicyclic) bond motifs is 3. The van der Waals surface area contributed by atoms with E-state index in [1.54, 1.807) is 18.3 Å². The summed E-state index contributed by atoms with van der Waals surface area (Å²) in [4.78, 5) is 16.5. The lowest BCUT2D eigenvalue weighted by atomic mass is 10.1.